The maximum Gasteiger partial charge on any atom is 0.319 e. The van der Waals surface area contributed by atoms with Crippen molar-refractivity contribution in [3.05, 3.63) is 78.1 Å². The Bertz CT molecular complexity index is 1360. The van der Waals surface area contributed by atoms with Crippen molar-refractivity contribution < 1.29 is 23.5 Å². The van der Waals surface area contributed by atoms with Gasteiger partial charge < -0.3 is 30.3 Å². The number of nitrogens with one attached hydrogen (secondary N) is 3. The fraction of sp³-hybridized carbons (Fsp3) is 0.394. The van der Waals surface area contributed by atoms with E-state index in [0.717, 1.165) is 31.4 Å². The van der Waals surface area contributed by atoms with E-state index in [2.05, 4.69) is 27.9 Å². The summed E-state index contributed by atoms with van der Waals surface area (Å²) in [5, 5.41) is 8.34. The molecular formula is C33H39FN4O4. The summed E-state index contributed by atoms with van der Waals surface area (Å²) in [6.07, 6.45) is 6.41. The molecule has 0 radical (unpaired) electrons. The Hall–Kier alpha value is -4.11. The lowest BCUT2D eigenvalue weighted by atomic mass is 10.0. The summed E-state index contributed by atoms with van der Waals surface area (Å²) in [5.41, 5.74) is 1.08. The second-order valence-corrected chi connectivity index (χ2v) is 11.1. The van der Waals surface area contributed by atoms with Gasteiger partial charge in [0.25, 0.3) is 5.91 Å². The van der Waals surface area contributed by atoms with Crippen LogP contribution in [0.4, 0.5) is 20.6 Å². The van der Waals surface area contributed by atoms with Crippen LogP contribution in [-0.4, -0.2) is 48.1 Å². The summed E-state index contributed by atoms with van der Waals surface area (Å²) in [7, 11) is 2.20. The number of nitrogens with zero attached hydrogens (tertiary/aromatic N) is 1. The Morgan fingerprint density at radius 2 is 1.50 bits per heavy atom. The van der Waals surface area contributed by atoms with Crippen LogP contribution < -0.4 is 25.4 Å². The number of carbonyl (C=O) groups excluding carboxylic acids is 2. The first-order chi connectivity index (χ1) is 20.3. The minimum Gasteiger partial charge on any atom is -0.490 e. The van der Waals surface area contributed by atoms with Crippen molar-refractivity contribution in [2.24, 2.45) is 0 Å². The molecule has 2 aliphatic rings. The molecule has 222 valence electrons. The number of hydrogen-bond donors (Lipinski definition) is 3. The van der Waals surface area contributed by atoms with Crippen molar-refractivity contribution in [2.45, 2.75) is 76.6 Å². The summed E-state index contributed by atoms with van der Waals surface area (Å²) >= 11 is 0. The van der Waals surface area contributed by atoms with Gasteiger partial charge in [0.1, 0.15) is 29.2 Å². The van der Waals surface area contributed by atoms with Gasteiger partial charge in [-0.1, -0.05) is 13.8 Å². The fourth-order valence-corrected chi connectivity index (χ4v) is 5.78. The molecule has 2 atom stereocenters. The molecule has 3 N–H and O–H groups in total. The SMILES string of the molecule is CCC(CC)NC(=O)Nc1ccc(Oc2ccc(NC(=O)c3ccc(OC4CC5CCC(C4)N5C)cc3)c(F)c2)cc1. The predicted octanol–water partition coefficient (Wildman–Crippen LogP) is 7.18. The van der Waals surface area contributed by atoms with Crippen molar-refractivity contribution >= 4 is 23.3 Å². The number of fused-ring (bicyclic) bond motifs is 2. The van der Waals surface area contributed by atoms with E-state index in [1.807, 2.05) is 13.8 Å². The smallest absolute Gasteiger partial charge is 0.319 e. The first-order valence-corrected chi connectivity index (χ1v) is 14.8. The number of halogens is 1. The third kappa shape index (κ3) is 7.20. The molecule has 3 aromatic rings. The monoisotopic (exact) mass is 574 g/mol. The second kappa shape index (κ2) is 13.2. The van der Waals surface area contributed by atoms with Crippen LogP contribution in [0.3, 0.4) is 0 Å². The van der Waals surface area contributed by atoms with E-state index in [4.69, 9.17) is 9.47 Å². The molecular weight excluding hydrogens is 535 g/mol. The van der Waals surface area contributed by atoms with E-state index in [0.29, 0.717) is 29.1 Å². The maximum atomic E-state index is 14.8. The van der Waals surface area contributed by atoms with E-state index in [1.54, 1.807) is 54.6 Å². The molecule has 8 nitrogen and oxygen atoms in total. The fourth-order valence-electron chi connectivity index (χ4n) is 5.78. The van der Waals surface area contributed by atoms with E-state index in [-0.39, 0.29) is 29.6 Å². The summed E-state index contributed by atoms with van der Waals surface area (Å²) in [6.45, 7) is 4.05. The van der Waals surface area contributed by atoms with Gasteiger partial charge in [0.05, 0.1) is 5.69 Å². The minimum absolute atomic E-state index is 0.0532. The van der Waals surface area contributed by atoms with Crippen LogP contribution >= 0.6 is 0 Å². The standard InChI is InChI=1S/C33H39FN4O4/c1-4-22(5-2)35-33(40)36-23-8-14-27(15-9-23)41-28-16-17-31(30(34)20-28)37-32(39)21-6-12-26(13-7-21)42-29-18-24-10-11-25(19-29)38(24)3/h6-9,12-17,20,22,24-25,29H,4-5,10-11,18-19H2,1-3H3,(H,37,39)(H2,35,36,40). The molecule has 2 aliphatic heterocycles. The molecule has 0 spiro atoms. The molecule has 3 amide bonds. The van der Waals surface area contributed by atoms with Crippen LogP contribution in [0.5, 0.6) is 17.2 Å². The molecule has 0 aromatic heterocycles. The van der Waals surface area contributed by atoms with Gasteiger partial charge in [0, 0.05) is 35.4 Å². The number of rotatable bonds is 10. The van der Waals surface area contributed by atoms with Crippen LogP contribution in [0.1, 0.15) is 62.7 Å². The Labute approximate surface area is 246 Å². The van der Waals surface area contributed by atoms with Crippen LogP contribution in [0, 0.1) is 5.82 Å². The average Bonchev–Trinajstić information content (AvgIpc) is 3.18. The molecule has 2 bridgehead atoms. The zero-order valence-electron chi connectivity index (χ0n) is 24.4. The van der Waals surface area contributed by atoms with Gasteiger partial charge in [-0.15, -0.1) is 0 Å². The quantitative estimate of drug-likeness (QED) is 0.239. The van der Waals surface area contributed by atoms with Gasteiger partial charge in [0.15, 0.2) is 0 Å². The van der Waals surface area contributed by atoms with Gasteiger partial charge in [-0.05, 0) is 106 Å². The van der Waals surface area contributed by atoms with Crippen LogP contribution in [0.15, 0.2) is 66.7 Å². The molecule has 2 fully saturated rings. The van der Waals surface area contributed by atoms with Gasteiger partial charge in [-0.3, -0.25) is 4.79 Å². The van der Waals surface area contributed by atoms with Crippen molar-refractivity contribution in [3.63, 3.8) is 0 Å². The van der Waals surface area contributed by atoms with Crippen molar-refractivity contribution in [1.82, 2.24) is 10.2 Å². The number of urea groups is 1. The first kappa shape index (κ1) is 29.4. The first-order valence-electron chi connectivity index (χ1n) is 14.8. The predicted molar refractivity (Wildman–Crippen MR) is 162 cm³/mol. The van der Waals surface area contributed by atoms with Gasteiger partial charge in [0.2, 0.25) is 0 Å². The van der Waals surface area contributed by atoms with Gasteiger partial charge >= 0.3 is 6.03 Å². The Morgan fingerprint density at radius 3 is 2.12 bits per heavy atom. The van der Waals surface area contributed by atoms with E-state index in [1.165, 1.54) is 25.0 Å². The highest BCUT2D eigenvalue weighted by atomic mass is 19.1. The molecule has 42 heavy (non-hydrogen) atoms. The number of anilines is 2. The van der Waals surface area contributed by atoms with Crippen molar-refractivity contribution in [2.75, 3.05) is 17.7 Å². The number of piperidine rings is 1. The van der Waals surface area contributed by atoms with E-state index < -0.39 is 11.7 Å². The Balaban J connectivity index is 1.12. The lowest BCUT2D eigenvalue weighted by Gasteiger charge is -2.36. The molecule has 3 aromatic carbocycles. The second-order valence-electron chi connectivity index (χ2n) is 11.1. The Kier molecular flexibility index (Phi) is 9.27. The van der Waals surface area contributed by atoms with Crippen molar-refractivity contribution in [3.8, 4) is 17.2 Å². The molecule has 2 heterocycles. The molecule has 0 aliphatic carbocycles. The van der Waals surface area contributed by atoms with Crippen LogP contribution in [0.25, 0.3) is 0 Å². The highest BCUT2D eigenvalue weighted by Crippen LogP contribution is 2.36. The highest BCUT2D eigenvalue weighted by molar-refractivity contribution is 6.04. The van der Waals surface area contributed by atoms with Gasteiger partial charge in [-0.25, -0.2) is 9.18 Å². The third-order valence-electron chi connectivity index (χ3n) is 8.33. The normalized spacial score (nSPS) is 19.8. The Morgan fingerprint density at radius 1 is 0.881 bits per heavy atom. The summed E-state index contributed by atoms with van der Waals surface area (Å²) in [6, 6.07) is 19.1. The van der Waals surface area contributed by atoms with Crippen LogP contribution in [-0.2, 0) is 0 Å². The van der Waals surface area contributed by atoms with Crippen molar-refractivity contribution in [1.29, 1.82) is 0 Å². The summed E-state index contributed by atoms with van der Waals surface area (Å²) in [4.78, 5) is 27.4. The minimum atomic E-state index is -0.617. The van der Waals surface area contributed by atoms with Crippen LogP contribution in [0.2, 0.25) is 0 Å². The zero-order chi connectivity index (χ0) is 29.6. The zero-order valence-corrected chi connectivity index (χ0v) is 24.4. The molecule has 2 saturated heterocycles. The molecule has 0 saturated carbocycles. The highest BCUT2D eigenvalue weighted by Gasteiger charge is 2.39. The lowest BCUT2D eigenvalue weighted by Crippen LogP contribution is -2.43. The summed E-state index contributed by atoms with van der Waals surface area (Å²) < 4.78 is 26.8. The molecule has 2 unspecified atom stereocenters. The number of amides is 3. The largest absolute Gasteiger partial charge is 0.490 e. The topological polar surface area (TPSA) is 91.9 Å². The molecule has 9 heteroatoms. The number of benzene rings is 3. The number of carbonyl (C=O) groups is 2. The lowest BCUT2D eigenvalue weighted by molar-refractivity contribution is 0.0661. The summed E-state index contributed by atoms with van der Waals surface area (Å²) in [5.74, 6) is 0.465. The maximum absolute atomic E-state index is 14.8. The molecule has 5 rings (SSSR count). The van der Waals surface area contributed by atoms with E-state index in [9.17, 15) is 14.0 Å². The third-order valence-corrected chi connectivity index (χ3v) is 8.33. The van der Waals surface area contributed by atoms with Gasteiger partial charge in [-0.2, -0.15) is 0 Å². The average molecular weight is 575 g/mol. The van der Waals surface area contributed by atoms with E-state index >= 15 is 0 Å². The number of hydrogen-bond acceptors (Lipinski definition) is 5. The number of ether oxygens (including phenoxy) is 2.